The third-order valence-electron chi connectivity index (χ3n) is 3.21. The highest BCUT2D eigenvalue weighted by Gasteiger charge is 2.20. The van der Waals surface area contributed by atoms with Gasteiger partial charge in [-0.1, -0.05) is 23.2 Å². The number of nitrogens with zero attached hydrogens (tertiary/aromatic N) is 1. The zero-order chi connectivity index (χ0) is 15.0. The minimum absolute atomic E-state index is 0.0934. The number of carbonyl (C=O) groups excluding carboxylic acids is 1. The van der Waals surface area contributed by atoms with Crippen LogP contribution in [0.1, 0.15) is 28.7 Å². The summed E-state index contributed by atoms with van der Waals surface area (Å²) in [5.74, 6) is -0.0934. The predicted octanol–water partition coefficient (Wildman–Crippen LogP) is 5.21. The maximum atomic E-state index is 12.1. The van der Waals surface area contributed by atoms with Gasteiger partial charge in [0.25, 0.3) is 0 Å². The SMILES string of the molecule is Cc1cc(C(=O)C(C)Cl)c(C)n1-c1cc(Cl)ccc1Cl. The number of hydrogen-bond donors (Lipinski definition) is 0. The minimum Gasteiger partial charge on any atom is -0.316 e. The first-order valence-corrected chi connectivity index (χ1v) is 7.34. The van der Waals surface area contributed by atoms with E-state index in [1.54, 1.807) is 25.1 Å². The molecule has 0 bridgehead atoms. The fourth-order valence-corrected chi connectivity index (χ4v) is 2.74. The fraction of sp³-hybridized carbons (Fsp3) is 0.267. The van der Waals surface area contributed by atoms with Crippen molar-refractivity contribution in [2.45, 2.75) is 26.1 Å². The molecule has 106 valence electrons. The van der Waals surface area contributed by atoms with E-state index in [-0.39, 0.29) is 5.78 Å². The summed E-state index contributed by atoms with van der Waals surface area (Å²) in [7, 11) is 0. The van der Waals surface area contributed by atoms with Crippen molar-refractivity contribution in [3.8, 4) is 5.69 Å². The van der Waals surface area contributed by atoms with Crippen molar-refractivity contribution >= 4 is 40.6 Å². The Hall–Kier alpha value is -0.960. The molecule has 0 amide bonds. The molecule has 1 atom stereocenters. The number of halogens is 3. The number of rotatable bonds is 3. The van der Waals surface area contributed by atoms with E-state index in [2.05, 4.69) is 0 Å². The van der Waals surface area contributed by atoms with E-state index in [4.69, 9.17) is 34.8 Å². The third kappa shape index (κ3) is 2.73. The lowest BCUT2D eigenvalue weighted by atomic mass is 10.1. The summed E-state index contributed by atoms with van der Waals surface area (Å²) in [5.41, 5.74) is 3.09. The summed E-state index contributed by atoms with van der Waals surface area (Å²) in [4.78, 5) is 12.1. The molecular weight excluding hydrogens is 317 g/mol. The molecule has 2 aromatic rings. The van der Waals surface area contributed by atoms with Crippen molar-refractivity contribution in [2.75, 3.05) is 0 Å². The van der Waals surface area contributed by atoms with Crippen LogP contribution in [-0.4, -0.2) is 15.7 Å². The van der Waals surface area contributed by atoms with Crippen LogP contribution in [0.15, 0.2) is 24.3 Å². The summed E-state index contributed by atoms with van der Waals surface area (Å²) in [6, 6.07) is 7.08. The van der Waals surface area contributed by atoms with Gasteiger partial charge in [0.05, 0.1) is 16.1 Å². The lowest BCUT2D eigenvalue weighted by Gasteiger charge is -2.12. The lowest BCUT2D eigenvalue weighted by Crippen LogP contribution is -2.11. The Morgan fingerprint density at radius 3 is 2.45 bits per heavy atom. The molecule has 5 heteroatoms. The van der Waals surface area contributed by atoms with Crippen LogP contribution in [0.3, 0.4) is 0 Å². The highest BCUT2D eigenvalue weighted by molar-refractivity contribution is 6.35. The summed E-state index contributed by atoms with van der Waals surface area (Å²) in [5, 5.41) is 0.614. The largest absolute Gasteiger partial charge is 0.316 e. The topological polar surface area (TPSA) is 22.0 Å². The molecule has 1 heterocycles. The van der Waals surface area contributed by atoms with Gasteiger partial charge in [-0.25, -0.2) is 0 Å². The van der Waals surface area contributed by atoms with E-state index in [9.17, 15) is 4.79 Å². The van der Waals surface area contributed by atoms with Gasteiger partial charge in [0.2, 0.25) is 0 Å². The van der Waals surface area contributed by atoms with Crippen LogP contribution in [0, 0.1) is 13.8 Å². The van der Waals surface area contributed by atoms with Crippen LogP contribution in [0.2, 0.25) is 10.0 Å². The maximum Gasteiger partial charge on any atom is 0.182 e. The van der Waals surface area contributed by atoms with Crippen LogP contribution in [-0.2, 0) is 0 Å². The number of benzene rings is 1. The fourth-order valence-electron chi connectivity index (χ4n) is 2.25. The Morgan fingerprint density at radius 2 is 1.85 bits per heavy atom. The molecule has 0 fully saturated rings. The molecule has 0 aliphatic heterocycles. The van der Waals surface area contributed by atoms with Gasteiger partial charge in [0.15, 0.2) is 5.78 Å². The lowest BCUT2D eigenvalue weighted by molar-refractivity contribution is 0.0991. The molecule has 2 rings (SSSR count). The molecular formula is C15H14Cl3NO. The van der Waals surface area contributed by atoms with Gasteiger partial charge in [0, 0.05) is 22.0 Å². The van der Waals surface area contributed by atoms with Crippen molar-refractivity contribution < 1.29 is 4.79 Å². The van der Waals surface area contributed by atoms with Gasteiger partial charge in [-0.2, -0.15) is 0 Å². The number of Topliss-reactive ketones (excluding diaryl/α,β-unsaturated/α-hetero) is 1. The molecule has 0 aliphatic rings. The molecule has 0 saturated carbocycles. The van der Waals surface area contributed by atoms with Gasteiger partial charge in [0.1, 0.15) is 0 Å². The second-order valence-corrected chi connectivity index (χ2v) is 6.19. The van der Waals surface area contributed by atoms with E-state index < -0.39 is 5.38 Å². The Morgan fingerprint density at radius 1 is 1.20 bits per heavy atom. The Labute approximate surface area is 133 Å². The second-order valence-electron chi connectivity index (χ2n) is 4.70. The van der Waals surface area contributed by atoms with E-state index >= 15 is 0 Å². The van der Waals surface area contributed by atoms with Crippen molar-refractivity contribution in [3.05, 3.63) is 51.3 Å². The summed E-state index contributed by atoms with van der Waals surface area (Å²) >= 11 is 18.2. The quantitative estimate of drug-likeness (QED) is 0.559. The molecule has 1 unspecified atom stereocenters. The first-order chi connectivity index (χ1) is 9.32. The zero-order valence-electron chi connectivity index (χ0n) is 11.4. The van der Waals surface area contributed by atoms with Crippen LogP contribution >= 0.6 is 34.8 Å². The number of aromatic nitrogens is 1. The van der Waals surface area contributed by atoms with Crippen LogP contribution in [0.4, 0.5) is 0 Å². The summed E-state index contributed by atoms with van der Waals surface area (Å²) in [6.07, 6.45) is 0. The average Bonchev–Trinajstić information content (AvgIpc) is 2.67. The second kappa shape index (κ2) is 5.80. The normalized spacial score (nSPS) is 12.5. The molecule has 0 aliphatic carbocycles. The first-order valence-electron chi connectivity index (χ1n) is 6.15. The zero-order valence-corrected chi connectivity index (χ0v) is 13.6. The summed E-state index contributed by atoms with van der Waals surface area (Å²) in [6.45, 7) is 5.46. The van der Waals surface area contributed by atoms with E-state index in [1.807, 2.05) is 24.5 Å². The van der Waals surface area contributed by atoms with Crippen LogP contribution in [0.25, 0.3) is 5.69 Å². The molecule has 0 N–H and O–H groups in total. The molecule has 2 nitrogen and oxygen atoms in total. The number of alkyl halides is 1. The summed E-state index contributed by atoms with van der Waals surface area (Å²) < 4.78 is 1.92. The number of aryl methyl sites for hydroxylation is 1. The standard InChI is InChI=1S/C15H14Cl3NO/c1-8-6-12(15(20)9(2)16)10(3)19(8)14-7-11(17)4-5-13(14)18/h4-7,9H,1-3H3. The van der Waals surface area contributed by atoms with Crippen molar-refractivity contribution in [3.63, 3.8) is 0 Å². The van der Waals surface area contributed by atoms with E-state index in [0.29, 0.717) is 15.6 Å². The molecule has 20 heavy (non-hydrogen) atoms. The third-order valence-corrected chi connectivity index (χ3v) is 3.96. The van der Waals surface area contributed by atoms with Gasteiger partial charge in [-0.05, 0) is 45.0 Å². The Bertz CT molecular complexity index is 674. The van der Waals surface area contributed by atoms with Gasteiger partial charge >= 0.3 is 0 Å². The van der Waals surface area contributed by atoms with Crippen molar-refractivity contribution in [1.29, 1.82) is 0 Å². The van der Waals surface area contributed by atoms with Crippen LogP contribution < -0.4 is 0 Å². The number of ketones is 1. The molecule has 0 radical (unpaired) electrons. The van der Waals surface area contributed by atoms with E-state index in [0.717, 1.165) is 17.1 Å². The van der Waals surface area contributed by atoms with Crippen molar-refractivity contribution in [2.24, 2.45) is 0 Å². The highest BCUT2D eigenvalue weighted by atomic mass is 35.5. The molecule has 0 spiro atoms. The van der Waals surface area contributed by atoms with Gasteiger partial charge in [-0.15, -0.1) is 11.6 Å². The van der Waals surface area contributed by atoms with Gasteiger partial charge in [-0.3, -0.25) is 4.79 Å². The molecule has 0 saturated heterocycles. The van der Waals surface area contributed by atoms with Crippen LogP contribution in [0.5, 0.6) is 0 Å². The average molecular weight is 331 g/mol. The Kier molecular flexibility index (Phi) is 4.48. The Balaban J connectivity index is 2.64. The number of hydrogen-bond acceptors (Lipinski definition) is 1. The monoisotopic (exact) mass is 329 g/mol. The molecule has 1 aromatic carbocycles. The maximum absolute atomic E-state index is 12.1. The number of carbonyl (C=O) groups is 1. The molecule has 1 aromatic heterocycles. The van der Waals surface area contributed by atoms with E-state index in [1.165, 1.54) is 0 Å². The first kappa shape index (κ1) is 15.4. The van der Waals surface area contributed by atoms with Gasteiger partial charge < -0.3 is 4.57 Å². The predicted molar refractivity (Wildman–Crippen MR) is 84.9 cm³/mol. The smallest absolute Gasteiger partial charge is 0.182 e. The minimum atomic E-state index is -0.557. The highest BCUT2D eigenvalue weighted by Crippen LogP contribution is 2.29. The van der Waals surface area contributed by atoms with Crippen molar-refractivity contribution in [1.82, 2.24) is 4.57 Å².